The van der Waals surface area contributed by atoms with Crippen LogP contribution in [0.3, 0.4) is 0 Å². The van der Waals surface area contributed by atoms with Gasteiger partial charge in [-0.15, -0.1) is 23.4 Å². The Hall–Kier alpha value is -0.380. The Labute approximate surface area is 103 Å². The molecule has 15 heavy (non-hydrogen) atoms. The van der Waals surface area contributed by atoms with Crippen molar-refractivity contribution in [3.8, 4) is 0 Å². The number of carbonyl (C=O) groups excluding carboxylic acids is 1. The number of halogens is 2. The Morgan fingerprint density at radius 3 is 2.87 bits per heavy atom. The van der Waals surface area contributed by atoms with Crippen LogP contribution in [0.25, 0.3) is 0 Å². The molecule has 0 spiro atoms. The molecule has 0 saturated carbocycles. The van der Waals surface area contributed by atoms with Gasteiger partial charge in [-0.2, -0.15) is 0 Å². The number of hydrogen-bond acceptors (Lipinski definition) is 2. The minimum Gasteiger partial charge on any atom is -0.351 e. The van der Waals surface area contributed by atoms with Crippen LogP contribution in [0, 0.1) is 0 Å². The molecule has 0 aliphatic carbocycles. The molecule has 0 aliphatic heterocycles. The van der Waals surface area contributed by atoms with Gasteiger partial charge in [-0.05, 0) is 24.5 Å². The van der Waals surface area contributed by atoms with Crippen molar-refractivity contribution in [2.24, 2.45) is 0 Å². The van der Waals surface area contributed by atoms with Crippen LogP contribution in [-0.4, -0.2) is 24.6 Å². The van der Waals surface area contributed by atoms with Crippen molar-refractivity contribution in [3.63, 3.8) is 0 Å². The van der Waals surface area contributed by atoms with E-state index in [9.17, 15) is 4.79 Å². The van der Waals surface area contributed by atoms with Crippen molar-refractivity contribution in [2.75, 3.05) is 18.7 Å². The number of carbonyl (C=O) groups is 1. The van der Waals surface area contributed by atoms with E-state index in [4.69, 9.17) is 23.2 Å². The average Bonchev–Trinajstić information content (AvgIpc) is 2.26. The van der Waals surface area contributed by atoms with Gasteiger partial charge < -0.3 is 5.32 Å². The molecule has 0 heterocycles. The zero-order valence-electron chi connectivity index (χ0n) is 8.22. The minimum absolute atomic E-state index is 0.184. The molecule has 1 aromatic rings. The minimum atomic E-state index is -0.184. The molecule has 0 atom stereocenters. The molecule has 0 bridgehead atoms. The van der Waals surface area contributed by atoms with E-state index < -0.39 is 0 Å². The maximum atomic E-state index is 11.6. The third-order valence-corrected chi connectivity index (χ3v) is 3.04. The topological polar surface area (TPSA) is 29.1 Å². The molecular weight excluding hydrogens is 253 g/mol. The summed E-state index contributed by atoms with van der Waals surface area (Å²) in [5.41, 5.74) is 0.494. The normalized spacial score (nSPS) is 10.1. The van der Waals surface area contributed by atoms with E-state index >= 15 is 0 Å². The van der Waals surface area contributed by atoms with E-state index in [0.717, 1.165) is 4.90 Å². The molecule has 2 nitrogen and oxygen atoms in total. The van der Waals surface area contributed by atoms with E-state index in [0.29, 0.717) is 23.0 Å². The Kier molecular flexibility index (Phi) is 5.29. The molecule has 1 amide bonds. The van der Waals surface area contributed by atoms with Gasteiger partial charge in [0.15, 0.2) is 0 Å². The molecule has 1 rings (SSSR count). The Bertz CT molecular complexity index is 357. The van der Waals surface area contributed by atoms with Gasteiger partial charge >= 0.3 is 0 Å². The summed E-state index contributed by atoms with van der Waals surface area (Å²) >= 11 is 13.0. The molecule has 82 valence electrons. The molecule has 1 aromatic carbocycles. The maximum Gasteiger partial charge on any atom is 0.252 e. The lowest BCUT2D eigenvalue weighted by molar-refractivity contribution is 0.0956. The van der Waals surface area contributed by atoms with Crippen molar-refractivity contribution in [1.29, 1.82) is 0 Å². The average molecular weight is 264 g/mol. The number of benzene rings is 1. The van der Waals surface area contributed by atoms with Crippen molar-refractivity contribution >= 4 is 40.9 Å². The summed E-state index contributed by atoms with van der Waals surface area (Å²) in [7, 11) is 0. The van der Waals surface area contributed by atoms with Crippen molar-refractivity contribution in [2.45, 2.75) is 4.90 Å². The molecule has 0 radical (unpaired) electrons. The van der Waals surface area contributed by atoms with Crippen LogP contribution >= 0.6 is 35.0 Å². The third-order valence-electron chi connectivity index (χ3n) is 1.80. The zero-order valence-corrected chi connectivity index (χ0v) is 10.5. The van der Waals surface area contributed by atoms with E-state index in [1.807, 2.05) is 12.3 Å². The van der Waals surface area contributed by atoms with Crippen LogP contribution in [0.4, 0.5) is 0 Å². The molecule has 0 saturated heterocycles. The lowest BCUT2D eigenvalue weighted by atomic mass is 10.2. The van der Waals surface area contributed by atoms with Gasteiger partial charge in [-0.1, -0.05) is 11.6 Å². The van der Waals surface area contributed by atoms with E-state index in [2.05, 4.69) is 5.32 Å². The molecule has 0 aliphatic rings. The number of alkyl halides is 1. The van der Waals surface area contributed by atoms with Gasteiger partial charge in [0.05, 0.1) is 10.6 Å². The first kappa shape index (κ1) is 12.7. The summed E-state index contributed by atoms with van der Waals surface area (Å²) in [5, 5.41) is 3.13. The van der Waals surface area contributed by atoms with Gasteiger partial charge in [0, 0.05) is 17.3 Å². The highest BCUT2D eigenvalue weighted by molar-refractivity contribution is 7.98. The monoisotopic (exact) mass is 263 g/mol. The largest absolute Gasteiger partial charge is 0.351 e. The third kappa shape index (κ3) is 3.59. The predicted octanol–water partition coefficient (Wildman–Crippen LogP) is 3.03. The van der Waals surface area contributed by atoms with Crippen molar-refractivity contribution in [3.05, 3.63) is 28.8 Å². The quantitative estimate of drug-likeness (QED) is 0.669. The first-order valence-electron chi connectivity index (χ1n) is 4.36. The molecular formula is C10H11Cl2NOS. The van der Waals surface area contributed by atoms with Crippen LogP contribution in [-0.2, 0) is 0 Å². The van der Waals surface area contributed by atoms with Gasteiger partial charge in [-0.3, -0.25) is 4.79 Å². The Morgan fingerprint density at radius 2 is 2.27 bits per heavy atom. The van der Waals surface area contributed by atoms with Gasteiger partial charge in [0.2, 0.25) is 0 Å². The van der Waals surface area contributed by atoms with Crippen LogP contribution < -0.4 is 5.32 Å². The summed E-state index contributed by atoms with van der Waals surface area (Å²) in [6, 6.07) is 5.38. The number of amides is 1. The molecule has 0 fully saturated rings. The van der Waals surface area contributed by atoms with Gasteiger partial charge in [0.1, 0.15) is 0 Å². The SMILES string of the molecule is CSc1ccc(Cl)c(C(=O)NCCCl)c1. The van der Waals surface area contributed by atoms with Crippen molar-refractivity contribution < 1.29 is 4.79 Å². The Morgan fingerprint density at radius 1 is 1.53 bits per heavy atom. The van der Waals surface area contributed by atoms with Gasteiger partial charge in [-0.25, -0.2) is 0 Å². The molecule has 0 unspecified atom stereocenters. The maximum absolute atomic E-state index is 11.6. The highest BCUT2D eigenvalue weighted by Gasteiger charge is 2.10. The number of thioether (sulfide) groups is 1. The highest BCUT2D eigenvalue weighted by atomic mass is 35.5. The van der Waals surface area contributed by atoms with Gasteiger partial charge in [0.25, 0.3) is 5.91 Å². The molecule has 1 N–H and O–H groups in total. The van der Waals surface area contributed by atoms with Crippen LogP contribution in [0.1, 0.15) is 10.4 Å². The first-order valence-corrected chi connectivity index (χ1v) is 6.50. The fourth-order valence-electron chi connectivity index (χ4n) is 1.06. The summed E-state index contributed by atoms with van der Waals surface area (Å²) in [6.07, 6.45) is 1.95. The first-order chi connectivity index (χ1) is 7.19. The van der Waals surface area contributed by atoms with Crippen LogP contribution in [0.2, 0.25) is 5.02 Å². The predicted molar refractivity (Wildman–Crippen MR) is 66.3 cm³/mol. The summed E-state index contributed by atoms with van der Waals surface area (Å²) in [6.45, 7) is 0.445. The number of hydrogen-bond donors (Lipinski definition) is 1. The Balaban J connectivity index is 2.86. The van der Waals surface area contributed by atoms with Crippen molar-refractivity contribution in [1.82, 2.24) is 5.32 Å². The fourth-order valence-corrected chi connectivity index (χ4v) is 1.80. The second-order valence-corrected chi connectivity index (χ2v) is 4.46. The lowest BCUT2D eigenvalue weighted by Gasteiger charge is -2.06. The summed E-state index contributed by atoms with van der Waals surface area (Å²) in [4.78, 5) is 12.6. The number of rotatable bonds is 4. The smallest absolute Gasteiger partial charge is 0.252 e. The molecule has 5 heteroatoms. The van der Waals surface area contributed by atoms with Crippen LogP contribution in [0.15, 0.2) is 23.1 Å². The summed E-state index contributed by atoms with van der Waals surface area (Å²) in [5.74, 6) is 0.211. The van der Waals surface area contributed by atoms with Crippen LogP contribution in [0.5, 0.6) is 0 Å². The van der Waals surface area contributed by atoms with E-state index in [1.54, 1.807) is 23.9 Å². The summed E-state index contributed by atoms with van der Waals surface area (Å²) < 4.78 is 0. The van der Waals surface area contributed by atoms with E-state index in [1.165, 1.54) is 0 Å². The second-order valence-electron chi connectivity index (χ2n) is 2.79. The second kappa shape index (κ2) is 6.26. The van der Waals surface area contributed by atoms with E-state index in [-0.39, 0.29) is 5.91 Å². The number of nitrogens with one attached hydrogen (secondary N) is 1. The molecule has 0 aromatic heterocycles. The lowest BCUT2D eigenvalue weighted by Crippen LogP contribution is -2.25. The fraction of sp³-hybridized carbons (Fsp3) is 0.300. The zero-order chi connectivity index (χ0) is 11.3. The standard InChI is InChI=1S/C10H11Cl2NOS/c1-15-7-2-3-9(12)8(6-7)10(14)13-5-4-11/h2-3,6H,4-5H2,1H3,(H,13,14). The highest BCUT2D eigenvalue weighted by Crippen LogP contribution is 2.22.